The molecule has 126 valence electrons. The first-order valence-electron chi connectivity index (χ1n) is 8.21. The molecule has 5 aromatic rings. The lowest BCUT2D eigenvalue weighted by molar-refractivity contribution is 0.517. The predicted molar refractivity (Wildman–Crippen MR) is 97.6 cm³/mol. The van der Waals surface area contributed by atoms with Crippen LogP contribution in [0.1, 0.15) is 5.76 Å². The molecule has 0 atom stereocenters. The molecule has 0 saturated heterocycles. The minimum Gasteiger partial charge on any atom is -0.467 e. The van der Waals surface area contributed by atoms with E-state index in [2.05, 4.69) is 15.4 Å². The summed E-state index contributed by atoms with van der Waals surface area (Å²) in [7, 11) is 0. The van der Waals surface area contributed by atoms with E-state index in [-0.39, 0.29) is 0 Å². The number of hydrogen-bond acceptors (Lipinski definition) is 6. The van der Waals surface area contributed by atoms with Gasteiger partial charge in [-0.3, -0.25) is 4.98 Å². The molecule has 0 aliphatic rings. The van der Waals surface area contributed by atoms with Crippen molar-refractivity contribution in [2.45, 2.75) is 6.54 Å². The maximum absolute atomic E-state index is 5.39. The highest BCUT2D eigenvalue weighted by molar-refractivity contribution is 5.92. The Kier molecular flexibility index (Phi) is 3.35. The first-order chi connectivity index (χ1) is 12.9. The summed E-state index contributed by atoms with van der Waals surface area (Å²) in [4.78, 5) is 13.6. The van der Waals surface area contributed by atoms with Crippen LogP contribution in [-0.4, -0.2) is 24.6 Å². The van der Waals surface area contributed by atoms with E-state index in [0.717, 1.165) is 27.9 Å². The maximum Gasteiger partial charge on any atom is 0.226 e. The van der Waals surface area contributed by atoms with Gasteiger partial charge in [-0.25, -0.2) is 9.97 Å². The molecule has 1 aromatic carbocycles. The van der Waals surface area contributed by atoms with Crippen LogP contribution in [0.2, 0.25) is 0 Å². The van der Waals surface area contributed by atoms with Gasteiger partial charge in [0.15, 0.2) is 11.5 Å². The fourth-order valence-electron chi connectivity index (χ4n) is 2.87. The van der Waals surface area contributed by atoms with Gasteiger partial charge in [-0.2, -0.15) is 4.52 Å². The molecule has 7 heteroatoms. The van der Waals surface area contributed by atoms with Crippen LogP contribution in [0.15, 0.2) is 71.6 Å². The molecular weight excluding hydrogens is 328 g/mol. The van der Waals surface area contributed by atoms with Crippen molar-refractivity contribution in [3.63, 3.8) is 0 Å². The van der Waals surface area contributed by atoms with Gasteiger partial charge in [0.1, 0.15) is 5.76 Å². The molecule has 0 bridgehead atoms. The lowest BCUT2D eigenvalue weighted by Crippen LogP contribution is -2.07. The van der Waals surface area contributed by atoms with Crippen molar-refractivity contribution in [3.8, 4) is 11.4 Å². The highest BCUT2D eigenvalue weighted by Crippen LogP contribution is 2.24. The van der Waals surface area contributed by atoms with E-state index in [9.17, 15) is 0 Å². The average molecular weight is 342 g/mol. The van der Waals surface area contributed by atoms with Gasteiger partial charge < -0.3 is 9.73 Å². The van der Waals surface area contributed by atoms with E-state index in [1.54, 1.807) is 23.2 Å². The Balaban J connectivity index is 1.68. The van der Waals surface area contributed by atoms with Crippen LogP contribution < -0.4 is 5.32 Å². The second kappa shape index (κ2) is 5.96. The standard InChI is InChI=1S/C19H14N6O/c1-2-8-16-15(7-1)18-23-17(13-5-3-9-20-11-13)24-25(18)19(22-16)21-12-14-6-4-10-26-14/h1-11H,12H2,(H,21,22). The van der Waals surface area contributed by atoms with Crippen LogP contribution in [0.5, 0.6) is 0 Å². The molecule has 0 spiro atoms. The van der Waals surface area contributed by atoms with E-state index in [1.165, 1.54) is 0 Å². The number of furan rings is 1. The van der Waals surface area contributed by atoms with E-state index < -0.39 is 0 Å². The number of hydrogen-bond donors (Lipinski definition) is 1. The SMILES string of the molecule is c1cncc(-c2nc3c4ccccc4nc(NCc4ccco4)n3n2)c1. The number of fused-ring (bicyclic) bond motifs is 3. The van der Waals surface area contributed by atoms with E-state index >= 15 is 0 Å². The first-order valence-corrected chi connectivity index (χ1v) is 8.21. The van der Waals surface area contributed by atoms with Crippen LogP contribution in [0, 0.1) is 0 Å². The highest BCUT2D eigenvalue weighted by atomic mass is 16.3. The number of benzene rings is 1. The van der Waals surface area contributed by atoms with Gasteiger partial charge in [-0.05, 0) is 36.4 Å². The van der Waals surface area contributed by atoms with Crippen molar-refractivity contribution in [1.82, 2.24) is 24.6 Å². The maximum atomic E-state index is 5.39. The summed E-state index contributed by atoms with van der Waals surface area (Å²) in [6.45, 7) is 0.509. The van der Waals surface area contributed by atoms with E-state index in [0.29, 0.717) is 18.3 Å². The van der Waals surface area contributed by atoms with Crippen molar-refractivity contribution in [2.24, 2.45) is 0 Å². The molecule has 0 fully saturated rings. The summed E-state index contributed by atoms with van der Waals surface area (Å²) < 4.78 is 7.12. The number of para-hydroxylation sites is 1. The molecule has 5 rings (SSSR count). The summed E-state index contributed by atoms with van der Waals surface area (Å²) in [6, 6.07) is 15.5. The quantitative estimate of drug-likeness (QED) is 0.538. The monoisotopic (exact) mass is 342 g/mol. The van der Waals surface area contributed by atoms with Crippen molar-refractivity contribution < 1.29 is 4.42 Å². The molecule has 7 nitrogen and oxygen atoms in total. The van der Waals surface area contributed by atoms with Gasteiger partial charge in [0.05, 0.1) is 18.3 Å². The summed E-state index contributed by atoms with van der Waals surface area (Å²) >= 11 is 0. The number of nitrogens with zero attached hydrogens (tertiary/aromatic N) is 5. The van der Waals surface area contributed by atoms with Gasteiger partial charge >= 0.3 is 0 Å². The molecule has 0 radical (unpaired) electrons. The number of pyridine rings is 1. The lowest BCUT2D eigenvalue weighted by atomic mass is 10.2. The van der Waals surface area contributed by atoms with Crippen LogP contribution in [0.25, 0.3) is 27.9 Å². The third-order valence-electron chi connectivity index (χ3n) is 4.10. The lowest BCUT2D eigenvalue weighted by Gasteiger charge is -2.07. The summed E-state index contributed by atoms with van der Waals surface area (Å²) in [5, 5.41) is 8.87. The van der Waals surface area contributed by atoms with Gasteiger partial charge in [0.2, 0.25) is 5.95 Å². The molecule has 0 amide bonds. The average Bonchev–Trinajstić information content (AvgIpc) is 3.37. The van der Waals surface area contributed by atoms with E-state index in [1.807, 2.05) is 48.5 Å². The molecule has 26 heavy (non-hydrogen) atoms. The Bertz CT molecular complexity index is 1180. The zero-order chi connectivity index (χ0) is 17.3. The third-order valence-corrected chi connectivity index (χ3v) is 4.10. The second-order valence-corrected chi connectivity index (χ2v) is 5.80. The number of nitrogens with one attached hydrogen (secondary N) is 1. The first kappa shape index (κ1) is 14.6. The highest BCUT2D eigenvalue weighted by Gasteiger charge is 2.14. The zero-order valence-corrected chi connectivity index (χ0v) is 13.7. The Morgan fingerprint density at radius 1 is 1.00 bits per heavy atom. The molecular formula is C19H14N6O. The van der Waals surface area contributed by atoms with Crippen molar-refractivity contribution in [3.05, 3.63) is 72.9 Å². The Morgan fingerprint density at radius 3 is 2.81 bits per heavy atom. The molecule has 4 heterocycles. The zero-order valence-electron chi connectivity index (χ0n) is 13.7. The summed E-state index contributed by atoms with van der Waals surface area (Å²) in [5.41, 5.74) is 2.46. The van der Waals surface area contributed by atoms with E-state index in [4.69, 9.17) is 14.4 Å². The topological polar surface area (TPSA) is 81.1 Å². The number of rotatable bonds is 4. The van der Waals surface area contributed by atoms with Crippen molar-refractivity contribution >= 4 is 22.5 Å². The molecule has 0 aliphatic carbocycles. The molecule has 4 aromatic heterocycles. The fraction of sp³-hybridized carbons (Fsp3) is 0.0526. The summed E-state index contributed by atoms with van der Waals surface area (Å²) in [6.07, 6.45) is 5.13. The smallest absolute Gasteiger partial charge is 0.226 e. The Hall–Kier alpha value is -3.74. The van der Waals surface area contributed by atoms with Crippen LogP contribution >= 0.6 is 0 Å². The fourth-order valence-corrected chi connectivity index (χ4v) is 2.87. The van der Waals surface area contributed by atoms with Crippen molar-refractivity contribution in [1.29, 1.82) is 0 Å². The van der Waals surface area contributed by atoms with Gasteiger partial charge in [0, 0.05) is 23.3 Å². The van der Waals surface area contributed by atoms with Crippen molar-refractivity contribution in [2.75, 3.05) is 5.32 Å². The van der Waals surface area contributed by atoms with Gasteiger partial charge in [-0.1, -0.05) is 12.1 Å². The molecule has 1 N–H and O–H groups in total. The van der Waals surface area contributed by atoms with Crippen LogP contribution in [0.3, 0.4) is 0 Å². The minimum absolute atomic E-state index is 0.509. The third kappa shape index (κ3) is 2.46. The van der Waals surface area contributed by atoms with Crippen LogP contribution in [0.4, 0.5) is 5.95 Å². The van der Waals surface area contributed by atoms with Gasteiger partial charge in [-0.15, -0.1) is 5.10 Å². The van der Waals surface area contributed by atoms with Crippen LogP contribution in [-0.2, 0) is 6.54 Å². The second-order valence-electron chi connectivity index (χ2n) is 5.80. The number of anilines is 1. The molecule has 0 unspecified atom stereocenters. The van der Waals surface area contributed by atoms with Gasteiger partial charge in [0.25, 0.3) is 0 Å². The molecule has 0 saturated carbocycles. The largest absolute Gasteiger partial charge is 0.467 e. The molecule has 0 aliphatic heterocycles. The minimum atomic E-state index is 0.509. The Morgan fingerprint density at radius 2 is 1.96 bits per heavy atom. The predicted octanol–water partition coefficient (Wildman–Crippen LogP) is 3.54. The summed E-state index contributed by atoms with van der Waals surface area (Å²) in [5.74, 6) is 2.04. The number of aromatic nitrogens is 5. The normalized spacial score (nSPS) is 11.2. The Labute approximate surface area is 148 Å².